The fraction of sp³-hybridized carbons (Fsp3) is 0.111. The summed E-state index contributed by atoms with van der Waals surface area (Å²) in [5.74, 6) is 0. The van der Waals surface area contributed by atoms with E-state index >= 15 is 0 Å². The maximum absolute atomic E-state index is 6.17. The van der Waals surface area contributed by atoms with Crippen molar-refractivity contribution < 1.29 is 0 Å². The Bertz CT molecular complexity index is 916. The number of hydrogen-bond donors (Lipinski definition) is 0. The van der Waals surface area contributed by atoms with Crippen LogP contribution in [0.5, 0.6) is 0 Å². The van der Waals surface area contributed by atoms with Gasteiger partial charge in [-0.2, -0.15) is 0 Å². The molecule has 0 fully saturated rings. The molecule has 3 aromatic carbocycles. The molecular formula is C18H16NPS. The van der Waals surface area contributed by atoms with Crippen LogP contribution in [0.15, 0.2) is 60.7 Å². The van der Waals surface area contributed by atoms with Gasteiger partial charge < -0.3 is 4.90 Å². The molecule has 0 bridgehead atoms. The summed E-state index contributed by atoms with van der Waals surface area (Å²) < 4.78 is 0. The molecule has 0 saturated heterocycles. The zero-order valence-corrected chi connectivity index (χ0v) is 13.8. The van der Waals surface area contributed by atoms with Crippen LogP contribution in [0, 0.1) is 0 Å². The van der Waals surface area contributed by atoms with Crippen molar-refractivity contribution >= 4 is 50.6 Å². The summed E-state index contributed by atoms with van der Waals surface area (Å²) in [6, 6.07) is 19.8. The van der Waals surface area contributed by atoms with Crippen molar-refractivity contribution in [3.8, 4) is 0 Å². The summed E-state index contributed by atoms with van der Waals surface area (Å²) in [6.07, 6.45) is 0. The predicted molar refractivity (Wildman–Crippen MR) is 97.9 cm³/mol. The van der Waals surface area contributed by atoms with Gasteiger partial charge in [0.15, 0.2) is 0 Å². The number of fused-ring (bicyclic) bond motifs is 4. The van der Waals surface area contributed by atoms with Crippen LogP contribution < -0.4 is 15.5 Å². The quantitative estimate of drug-likeness (QED) is 0.578. The average Bonchev–Trinajstić information content (AvgIpc) is 2.52. The van der Waals surface area contributed by atoms with Crippen LogP contribution in [0.1, 0.15) is 0 Å². The zero-order chi connectivity index (χ0) is 14.6. The fourth-order valence-corrected chi connectivity index (χ4v) is 6.96. The molecule has 0 amide bonds. The van der Waals surface area contributed by atoms with Gasteiger partial charge in [0.1, 0.15) is 0 Å². The lowest BCUT2D eigenvalue weighted by Gasteiger charge is -2.36. The Kier molecular flexibility index (Phi) is 2.76. The molecule has 3 aromatic rings. The number of rotatable bonds is 0. The summed E-state index contributed by atoms with van der Waals surface area (Å²) in [5.41, 5.74) is 2.52. The van der Waals surface area contributed by atoms with Crippen LogP contribution in [0.25, 0.3) is 10.8 Å². The van der Waals surface area contributed by atoms with E-state index < -0.39 is 6.04 Å². The Morgan fingerprint density at radius 2 is 1.57 bits per heavy atom. The lowest BCUT2D eigenvalue weighted by molar-refractivity contribution is 1.22. The van der Waals surface area contributed by atoms with E-state index in [-0.39, 0.29) is 0 Å². The molecule has 21 heavy (non-hydrogen) atoms. The van der Waals surface area contributed by atoms with Crippen LogP contribution in [-0.2, 0) is 11.8 Å². The molecule has 0 spiro atoms. The minimum absolute atomic E-state index is 1.26. The molecule has 1 atom stereocenters. The SMILES string of the molecule is CN1c2ccccc2P(C)(=S)c2c1ccc1ccccc21. The van der Waals surface area contributed by atoms with E-state index in [1.807, 2.05) is 0 Å². The number of hydrogen-bond acceptors (Lipinski definition) is 2. The van der Waals surface area contributed by atoms with E-state index in [9.17, 15) is 0 Å². The van der Waals surface area contributed by atoms with Gasteiger partial charge >= 0.3 is 0 Å². The molecule has 1 unspecified atom stereocenters. The highest BCUT2D eigenvalue weighted by atomic mass is 32.4. The molecule has 0 aliphatic carbocycles. The van der Waals surface area contributed by atoms with Gasteiger partial charge in [-0.15, -0.1) is 0 Å². The van der Waals surface area contributed by atoms with E-state index in [1.165, 1.54) is 32.8 Å². The maximum Gasteiger partial charge on any atom is 0.0503 e. The summed E-state index contributed by atoms with van der Waals surface area (Å²) >= 11 is 6.17. The van der Waals surface area contributed by atoms with Crippen molar-refractivity contribution in [3.63, 3.8) is 0 Å². The van der Waals surface area contributed by atoms with E-state index in [0.717, 1.165) is 0 Å². The highest BCUT2D eigenvalue weighted by Gasteiger charge is 2.31. The first-order chi connectivity index (χ1) is 10.1. The van der Waals surface area contributed by atoms with Gasteiger partial charge in [0.05, 0.1) is 5.69 Å². The topological polar surface area (TPSA) is 3.24 Å². The summed E-state index contributed by atoms with van der Waals surface area (Å²) in [6.45, 7) is 2.26. The van der Waals surface area contributed by atoms with Crippen molar-refractivity contribution in [3.05, 3.63) is 60.7 Å². The van der Waals surface area contributed by atoms with Crippen LogP contribution in [0.2, 0.25) is 0 Å². The van der Waals surface area contributed by atoms with Crippen molar-refractivity contribution in [1.29, 1.82) is 0 Å². The largest absolute Gasteiger partial charge is 0.344 e. The Morgan fingerprint density at radius 3 is 2.43 bits per heavy atom. The lowest BCUT2D eigenvalue weighted by atomic mass is 10.1. The maximum atomic E-state index is 6.17. The third-order valence-electron chi connectivity index (χ3n) is 4.37. The van der Waals surface area contributed by atoms with E-state index in [4.69, 9.17) is 11.8 Å². The van der Waals surface area contributed by atoms with E-state index in [1.54, 1.807) is 0 Å². The van der Waals surface area contributed by atoms with Crippen LogP contribution in [0.3, 0.4) is 0 Å². The Labute approximate surface area is 130 Å². The van der Waals surface area contributed by atoms with E-state index in [0.29, 0.717) is 0 Å². The first-order valence-corrected chi connectivity index (χ1v) is 10.3. The molecule has 3 heteroatoms. The first kappa shape index (κ1) is 13.1. The predicted octanol–water partition coefficient (Wildman–Crippen LogP) is 3.98. The molecular weight excluding hydrogens is 293 g/mol. The highest BCUT2D eigenvalue weighted by Crippen LogP contribution is 2.51. The molecule has 0 radical (unpaired) electrons. The third-order valence-corrected chi connectivity index (χ3v) is 8.13. The number of para-hydroxylation sites is 1. The van der Waals surface area contributed by atoms with Gasteiger partial charge in [0, 0.05) is 29.4 Å². The van der Waals surface area contributed by atoms with Gasteiger partial charge in [-0.1, -0.05) is 60.3 Å². The highest BCUT2D eigenvalue weighted by molar-refractivity contribution is 8.22. The number of benzene rings is 3. The minimum Gasteiger partial charge on any atom is -0.344 e. The van der Waals surface area contributed by atoms with Gasteiger partial charge in [0.25, 0.3) is 0 Å². The number of anilines is 2. The van der Waals surface area contributed by atoms with Crippen molar-refractivity contribution in [2.75, 3.05) is 18.6 Å². The second-order valence-electron chi connectivity index (χ2n) is 5.63. The molecule has 4 rings (SSSR count). The van der Waals surface area contributed by atoms with Gasteiger partial charge in [-0.25, -0.2) is 0 Å². The zero-order valence-electron chi connectivity index (χ0n) is 12.1. The molecule has 1 aliphatic rings. The molecule has 0 aromatic heterocycles. The third kappa shape index (κ3) is 1.73. The van der Waals surface area contributed by atoms with Crippen LogP contribution in [0.4, 0.5) is 11.4 Å². The van der Waals surface area contributed by atoms with Crippen LogP contribution >= 0.6 is 6.04 Å². The Hall–Kier alpha value is -1.63. The number of nitrogens with zero attached hydrogens (tertiary/aromatic N) is 1. The molecule has 1 nitrogen and oxygen atoms in total. The minimum atomic E-state index is -1.76. The Balaban J connectivity index is 2.17. The molecule has 1 aliphatic heterocycles. The normalized spacial score (nSPS) is 20.2. The second-order valence-corrected chi connectivity index (χ2v) is 10.6. The summed E-state index contributed by atoms with van der Waals surface area (Å²) in [5, 5.41) is 5.27. The summed E-state index contributed by atoms with van der Waals surface area (Å²) in [4.78, 5) is 2.28. The smallest absolute Gasteiger partial charge is 0.0503 e. The Morgan fingerprint density at radius 1 is 0.857 bits per heavy atom. The van der Waals surface area contributed by atoms with Crippen molar-refractivity contribution in [2.24, 2.45) is 0 Å². The van der Waals surface area contributed by atoms with Gasteiger partial charge in [-0.3, -0.25) is 0 Å². The van der Waals surface area contributed by atoms with Crippen molar-refractivity contribution in [2.45, 2.75) is 0 Å². The molecule has 104 valence electrons. The monoisotopic (exact) mass is 309 g/mol. The summed E-state index contributed by atoms with van der Waals surface area (Å²) in [7, 11) is 2.14. The van der Waals surface area contributed by atoms with Crippen LogP contribution in [-0.4, -0.2) is 13.7 Å². The second kappa shape index (κ2) is 4.43. The van der Waals surface area contributed by atoms with Crippen molar-refractivity contribution in [1.82, 2.24) is 0 Å². The molecule has 1 heterocycles. The molecule has 0 N–H and O–H groups in total. The lowest BCUT2D eigenvalue weighted by Crippen LogP contribution is -2.32. The first-order valence-electron chi connectivity index (χ1n) is 7.04. The fourth-order valence-electron chi connectivity index (χ4n) is 3.32. The standard InChI is InChI=1S/C18H16NPS/c1-19-15-9-5-6-10-17(15)20(2,21)18-14-8-4-3-7-13(14)11-12-16(18)19/h3-12H,1-2H3. The average molecular weight is 309 g/mol. The van der Waals surface area contributed by atoms with Gasteiger partial charge in [0.2, 0.25) is 0 Å². The van der Waals surface area contributed by atoms with Gasteiger partial charge in [-0.05, 0) is 29.6 Å². The van der Waals surface area contributed by atoms with E-state index in [2.05, 4.69) is 79.3 Å². The molecule has 0 saturated carbocycles.